The lowest BCUT2D eigenvalue weighted by atomic mass is 10.1. The zero-order valence-electron chi connectivity index (χ0n) is 8.18. The van der Waals surface area contributed by atoms with E-state index in [1.165, 1.54) is 5.39 Å². The first-order valence-electron chi connectivity index (χ1n) is 4.97. The Labute approximate surface area is 88.0 Å². The Morgan fingerprint density at radius 2 is 1.47 bits per heavy atom. The minimum atomic E-state index is 0.950. The molecule has 0 fully saturated rings. The van der Waals surface area contributed by atoms with Gasteiger partial charge in [0.05, 0.1) is 6.26 Å². The van der Waals surface area contributed by atoms with E-state index >= 15 is 0 Å². The Hall–Kier alpha value is -2.02. The molecule has 0 spiro atoms. The summed E-state index contributed by atoms with van der Waals surface area (Å²) in [5.41, 5.74) is 1.12. The Morgan fingerprint density at radius 1 is 0.733 bits per heavy atom. The average Bonchev–Trinajstić information content (AvgIpc) is 2.74. The summed E-state index contributed by atoms with van der Waals surface area (Å²) >= 11 is 0. The van der Waals surface area contributed by atoms with E-state index < -0.39 is 0 Å². The average molecular weight is 194 g/mol. The molecule has 3 rings (SSSR count). The van der Waals surface area contributed by atoms with Gasteiger partial charge in [0, 0.05) is 16.3 Å². The molecular weight excluding hydrogens is 184 g/mol. The molecule has 0 aliphatic heterocycles. The monoisotopic (exact) mass is 194 g/mol. The Balaban J connectivity index is 2.28. The van der Waals surface area contributed by atoms with Crippen LogP contribution in [0.2, 0.25) is 0 Å². The summed E-state index contributed by atoms with van der Waals surface area (Å²) in [6.45, 7) is 0. The van der Waals surface area contributed by atoms with E-state index in [0.29, 0.717) is 0 Å². The van der Waals surface area contributed by atoms with Gasteiger partial charge in [-0.2, -0.15) is 0 Å². The highest BCUT2D eigenvalue weighted by molar-refractivity contribution is 5.93. The number of hydrogen-bond acceptors (Lipinski definition) is 1. The third kappa shape index (κ3) is 1.33. The quantitative estimate of drug-likeness (QED) is 0.568. The highest BCUT2D eigenvalue weighted by atomic mass is 16.3. The Kier molecular flexibility index (Phi) is 1.82. The molecular formula is C14H10O. The van der Waals surface area contributed by atoms with Gasteiger partial charge in [0.2, 0.25) is 0 Å². The third-order valence-corrected chi connectivity index (χ3v) is 2.55. The molecule has 1 aromatic heterocycles. The molecule has 1 heteroatoms. The molecule has 15 heavy (non-hydrogen) atoms. The molecule has 0 atom stereocenters. The van der Waals surface area contributed by atoms with E-state index in [4.69, 9.17) is 4.42 Å². The third-order valence-electron chi connectivity index (χ3n) is 2.55. The summed E-state index contributed by atoms with van der Waals surface area (Å²) in [6.07, 6.45) is 1.80. The zero-order chi connectivity index (χ0) is 10.1. The molecule has 0 amide bonds. The highest BCUT2D eigenvalue weighted by Gasteiger charge is 2.06. The number of hydrogen-bond donors (Lipinski definition) is 0. The van der Waals surface area contributed by atoms with Crippen LogP contribution < -0.4 is 0 Å². The number of benzene rings is 2. The van der Waals surface area contributed by atoms with Crippen molar-refractivity contribution in [3.8, 4) is 11.3 Å². The van der Waals surface area contributed by atoms with Crippen molar-refractivity contribution in [2.75, 3.05) is 0 Å². The molecule has 0 unspecified atom stereocenters. The predicted molar refractivity (Wildman–Crippen MR) is 61.7 cm³/mol. The summed E-state index contributed by atoms with van der Waals surface area (Å²) in [5.74, 6) is 0.950. The van der Waals surface area contributed by atoms with Crippen molar-refractivity contribution in [3.05, 3.63) is 60.9 Å². The lowest BCUT2D eigenvalue weighted by Gasteiger charge is -1.96. The van der Waals surface area contributed by atoms with Crippen LogP contribution in [0.5, 0.6) is 0 Å². The molecule has 3 aromatic rings. The molecule has 2 aromatic carbocycles. The fourth-order valence-electron chi connectivity index (χ4n) is 1.81. The van der Waals surface area contributed by atoms with Crippen LogP contribution in [0.25, 0.3) is 22.1 Å². The maximum atomic E-state index is 5.60. The summed E-state index contributed by atoms with van der Waals surface area (Å²) < 4.78 is 5.60. The van der Waals surface area contributed by atoms with Crippen LogP contribution in [0, 0.1) is 0 Å². The van der Waals surface area contributed by atoms with Crippen LogP contribution in [0.15, 0.2) is 65.3 Å². The standard InChI is InChI=1S/C14H10O/c1-2-6-11(7-3-1)14-13-9-5-4-8-12(13)10-15-14/h1-10H. The minimum absolute atomic E-state index is 0.950. The highest BCUT2D eigenvalue weighted by Crippen LogP contribution is 2.29. The Morgan fingerprint density at radius 3 is 2.33 bits per heavy atom. The van der Waals surface area contributed by atoms with Crippen molar-refractivity contribution >= 4 is 10.8 Å². The Bertz CT molecular complexity index is 578. The normalized spacial score (nSPS) is 10.7. The van der Waals surface area contributed by atoms with Crippen molar-refractivity contribution in [3.63, 3.8) is 0 Å². The SMILES string of the molecule is c1ccc(-c2occ3ccccc23)cc1. The first-order chi connectivity index (χ1) is 7.45. The van der Waals surface area contributed by atoms with Gasteiger partial charge in [-0.1, -0.05) is 54.6 Å². The lowest BCUT2D eigenvalue weighted by Crippen LogP contribution is -1.73. The molecule has 0 bridgehead atoms. The molecule has 0 radical (unpaired) electrons. The first-order valence-corrected chi connectivity index (χ1v) is 4.97. The summed E-state index contributed by atoms with van der Waals surface area (Å²) in [4.78, 5) is 0. The fourth-order valence-corrected chi connectivity index (χ4v) is 1.81. The first kappa shape index (κ1) is 8.30. The topological polar surface area (TPSA) is 13.1 Å². The molecule has 1 nitrogen and oxygen atoms in total. The van der Waals surface area contributed by atoms with E-state index in [0.717, 1.165) is 16.7 Å². The summed E-state index contributed by atoms with van der Waals surface area (Å²) in [7, 11) is 0. The van der Waals surface area contributed by atoms with Gasteiger partial charge in [-0.25, -0.2) is 0 Å². The maximum absolute atomic E-state index is 5.60. The second-order valence-corrected chi connectivity index (χ2v) is 3.52. The van der Waals surface area contributed by atoms with Crippen LogP contribution in [-0.4, -0.2) is 0 Å². The van der Waals surface area contributed by atoms with Crippen molar-refractivity contribution in [1.82, 2.24) is 0 Å². The fraction of sp³-hybridized carbons (Fsp3) is 0. The van der Waals surface area contributed by atoms with Crippen LogP contribution in [0.4, 0.5) is 0 Å². The molecule has 1 heterocycles. The van der Waals surface area contributed by atoms with E-state index in [1.54, 1.807) is 6.26 Å². The second kappa shape index (κ2) is 3.28. The van der Waals surface area contributed by atoms with E-state index in [2.05, 4.69) is 24.3 Å². The van der Waals surface area contributed by atoms with Crippen molar-refractivity contribution in [1.29, 1.82) is 0 Å². The van der Waals surface area contributed by atoms with Gasteiger partial charge in [0.15, 0.2) is 0 Å². The molecule has 0 saturated carbocycles. The van der Waals surface area contributed by atoms with Gasteiger partial charge in [-0.3, -0.25) is 0 Å². The second-order valence-electron chi connectivity index (χ2n) is 3.52. The molecule has 72 valence electrons. The molecule has 0 saturated heterocycles. The van der Waals surface area contributed by atoms with Crippen molar-refractivity contribution < 1.29 is 4.42 Å². The molecule has 0 aliphatic carbocycles. The van der Waals surface area contributed by atoms with Gasteiger partial charge >= 0.3 is 0 Å². The zero-order valence-corrected chi connectivity index (χ0v) is 8.18. The smallest absolute Gasteiger partial charge is 0.141 e. The maximum Gasteiger partial charge on any atom is 0.141 e. The largest absolute Gasteiger partial charge is 0.463 e. The van der Waals surface area contributed by atoms with Crippen LogP contribution >= 0.6 is 0 Å². The van der Waals surface area contributed by atoms with Gasteiger partial charge in [0.1, 0.15) is 5.76 Å². The number of fused-ring (bicyclic) bond motifs is 1. The van der Waals surface area contributed by atoms with E-state index in [-0.39, 0.29) is 0 Å². The van der Waals surface area contributed by atoms with Crippen molar-refractivity contribution in [2.24, 2.45) is 0 Å². The van der Waals surface area contributed by atoms with Gasteiger partial charge in [-0.05, 0) is 0 Å². The molecule has 0 N–H and O–H groups in total. The van der Waals surface area contributed by atoms with E-state index in [9.17, 15) is 0 Å². The summed E-state index contributed by atoms with van der Waals surface area (Å²) in [5, 5.41) is 2.32. The predicted octanol–water partition coefficient (Wildman–Crippen LogP) is 4.10. The number of rotatable bonds is 1. The van der Waals surface area contributed by atoms with Crippen LogP contribution in [0.3, 0.4) is 0 Å². The molecule has 0 aliphatic rings. The van der Waals surface area contributed by atoms with Gasteiger partial charge < -0.3 is 4.42 Å². The van der Waals surface area contributed by atoms with Crippen molar-refractivity contribution in [2.45, 2.75) is 0 Å². The summed E-state index contributed by atoms with van der Waals surface area (Å²) in [6, 6.07) is 18.4. The lowest BCUT2D eigenvalue weighted by molar-refractivity contribution is 0.587. The van der Waals surface area contributed by atoms with E-state index in [1.807, 2.05) is 30.3 Å². The van der Waals surface area contributed by atoms with Gasteiger partial charge in [-0.15, -0.1) is 0 Å². The minimum Gasteiger partial charge on any atom is -0.463 e. The number of furan rings is 1. The van der Waals surface area contributed by atoms with Gasteiger partial charge in [0.25, 0.3) is 0 Å². The van der Waals surface area contributed by atoms with Crippen LogP contribution in [0.1, 0.15) is 0 Å². The van der Waals surface area contributed by atoms with Crippen LogP contribution in [-0.2, 0) is 0 Å².